The monoisotopic (exact) mass is 1050 g/mol. The molecule has 2 aromatic carbocycles. The second kappa shape index (κ2) is 22.4. The Hall–Kier alpha value is -3.48. The van der Waals surface area contributed by atoms with Crippen LogP contribution in [0.15, 0.2) is 48.5 Å². The van der Waals surface area contributed by atoms with Crippen LogP contribution in [0.4, 0.5) is 0 Å². The lowest BCUT2D eigenvalue weighted by Crippen LogP contribution is -2.69. The highest BCUT2D eigenvalue weighted by Gasteiger charge is 2.61. The average Bonchev–Trinajstić information content (AvgIpc) is 3.15. The normalized spacial score (nSPS) is 27.8. The maximum absolute atomic E-state index is 12.8. The van der Waals surface area contributed by atoms with Crippen LogP contribution < -0.4 is 0 Å². The Balaban J connectivity index is 1.81. The molecule has 0 aromatic heterocycles. The minimum atomic E-state index is -2.10. The van der Waals surface area contributed by atoms with Crippen molar-refractivity contribution in [1.29, 1.82) is 0 Å². The van der Waals surface area contributed by atoms with E-state index >= 15 is 0 Å². The third-order valence-corrected chi connectivity index (χ3v) is 10.5. The molecule has 19 heteroatoms. The Morgan fingerprint density at radius 1 is 0.593 bits per heavy atom. The van der Waals surface area contributed by atoms with E-state index in [-0.39, 0.29) is 19.4 Å². The largest absolute Gasteiger partial charge is 0.456 e. The molecule has 0 saturated carbocycles. The maximum Gasteiger partial charge on any atom is 0.303 e. The lowest BCUT2D eigenvalue weighted by atomic mass is 9.87. The first-order chi connectivity index (χ1) is 27.9. The first-order valence-electron chi connectivity index (χ1n) is 18.6. The predicted molar refractivity (Wildman–Crippen MR) is 219 cm³/mol. The van der Waals surface area contributed by atoms with Gasteiger partial charge < -0.3 is 52.5 Å². The smallest absolute Gasteiger partial charge is 0.303 e. The lowest BCUT2D eigenvalue weighted by Gasteiger charge is -2.51. The Morgan fingerprint density at radius 3 is 1.53 bits per heavy atom. The molecular formula is C40H48I2O17. The summed E-state index contributed by atoms with van der Waals surface area (Å²) in [5, 5.41) is 10.6. The van der Waals surface area contributed by atoms with Crippen molar-refractivity contribution in [2.24, 2.45) is 0 Å². The molecule has 1 N–H and O–H groups in total. The molecular weight excluding hydrogens is 1010 g/mol. The van der Waals surface area contributed by atoms with Gasteiger partial charge in [0.1, 0.15) is 12.2 Å². The number of aliphatic hydroxyl groups is 1. The Kier molecular flexibility index (Phi) is 18.3. The van der Waals surface area contributed by atoms with Crippen molar-refractivity contribution in [2.45, 2.75) is 122 Å². The van der Waals surface area contributed by atoms with E-state index in [1.54, 1.807) is 0 Å². The van der Waals surface area contributed by atoms with Crippen molar-refractivity contribution in [3.8, 4) is 0 Å². The summed E-state index contributed by atoms with van der Waals surface area (Å²) in [6.07, 6.45) is -12.8. The fourth-order valence-electron chi connectivity index (χ4n) is 6.81. The van der Waals surface area contributed by atoms with Crippen LogP contribution in [0.5, 0.6) is 0 Å². The van der Waals surface area contributed by atoms with Gasteiger partial charge in [-0.3, -0.25) is 28.8 Å². The van der Waals surface area contributed by atoms with Crippen LogP contribution in [0, 0.1) is 7.14 Å². The number of carbonyl (C=O) groups is 6. The summed E-state index contributed by atoms with van der Waals surface area (Å²) >= 11 is 4.34. The lowest BCUT2D eigenvalue weighted by molar-refractivity contribution is -0.380. The molecule has 2 fully saturated rings. The highest BCUT2D eigenvalue weighted by Crippen LogP contribution is 2.41. The summed E-state index contributed by atoms with van der Waals surface area (Å²) in [7, 11) is 0. The van der Waals surface area contributed by atoms with E-state index < -0.39 is 110 Å². The van der Waals surface area contributed by atoms with Crippen LogP contribution in [0.25, 0.3) is 0 Å². The standard InChI is InChI=1S/C40H48I2O17/c1-21(44)52-33-31(19-43)59-40(17-15-27-7-11-29(41)12-8-27,38(57-26(6)49)36(33)55-24(4)47)51-20-32-34(53-22(2)45)35(54-23(3)46)37(56-25(5)48)39(58-32)50-18-16-28-9-13-30(42)14-10-28/h7-14,31-39,43H,15-20H2,1-6H3/t31-,32-,33-,34-,35+,36+,37-,38-,39-,40-/m1/s1. The molecule has 0 amide bonds. The molecule has 4 rings (SSSR count). The average molecular weight is 1050 g/mol. The van der Waals surface area contributed by atoms with Gasteiger partial charge in [0.05, 0.1) is 19.8 Å². The van der Waals surface area contributed by atoms with Gasteiger partial charge in [-0.15, -0.1) is 0 Å². The quantitative estimate of drug-likeness (QED) is 0.136. The Bertz CT molecular complexity index is 1770. The fraction of sp³-hybridized carbons (Fsp3) is 0.550. The number of esters is 6. The number of rotatable bonds is 17. The number of aryl methyl sites for hydroxylation is 1. The van der Waals surface area contributed by atoms with Gasteiger partial charge in [-0.1, -0.05) is 24.3 Å². The van der Waals surface area contributed by atoms with E-state index in [4.69, 9.17) is 47.4 Å². The predicted octanol–water partition coefficient (Wildman–Crippen LogP) is 3.51. The topological polar surface area (TPSA) is 215 Å². The van der Waals surface area contributed by atoms with E-state index in [0.717, 1.165) is 59.8 Å². The minimum absolute atomic E-state index is 0.0407. The number of benzene rings is 2. The van der Waals surface area contributed by atoms with E-state index in [9.17, 15) is 33.9 Å². The van der Waals surface area contributed by atoms with Crippen molar-refractivity contribution in [3.63, 3.8) is 0 Å². The van der Waals surface area contributed by atoms with E-state index in [1.165, 1.54) is 0 Å². The molecule has 10 atom stereocenters. The number of hydrogen-bond acceptors (Lipinski definition) is 17. The number of halogens is 2. The van der Waals surface area contributed by atoms with Crippen LogP contribution in [0.1, 0.15) is 59.1 Å². The summed E-state index contributed by atoms with van der Waals surface area (Å²) in [5.41, 5.74) is 1.71. The van der Waals surface area contributed by atoms with Crippen molar-refractivity contribution in [1.82, 2.24) is 0 Å². The van der Waals surface area contributed by atoms with Gasteiger partial charge in [0.2, 0.25) is 5.79 Å². The van der Waals surface area contributed by atoms with Crippen molar-refractivity contribution in [3.05, 3.63) is 66.8 Å². The van der Waals surface area contributed by atoms with Crippen LogP contribution in [-0.4, -0.2) is 122 Å². The highest BCUT2D eigenvalue weighted by molar-refractivity contribution is 14.1. The first-order valence-corrected chi connectivity index (χ1v) is 20.8. The second-order valence-corrected chi connectivity index (χ2v) is 16.3. The highest BCUT2D eigenvalue weighted by atomic mass is 127. The molecule has 0 spiro atoms. The van der Waals surface area contributed by atoms with Gasteiger partial charge in [-0.05, 0) is 93.4 Å². The number of aliphatic hydroxyl groups excluding tert-OH is 1. The van der Waals surface area contributed by atoms with E-state index in [0.29, 0.717) is 6.42 Å². The summed E-state index contributed by atoms with van der Waals surface area (Å²) in [6, 6.07) is 15.1. The zero-order chi connectivity index (χ0) is 43.4. The molecule has 2 aromatic rings. The number of hydrogen-bond donors (Lipinski definition) is 1. The molecule has 0 unspecified atom stereocenters. The second-order valence-electron chi connectivity index (χ2n) is 13.8. The molecule has 2 heterocycles. The van der Waals surface area contributed by atoms with Crippen LogP contribution in [0.3, 0.4) is 0 Å². The molecule has 17 nitrogen and oxygen atoms in total. The number of ether oxygens (including phenoxy) is 10. The van der Waals surface area contributed by atoms with Crippen LogP contribution in [0.2, 0.25) is 0 Å². The molecule has 0 bridgehead atoms. The summed E-state index contributed by atoms with van der Waals surface area (Å²) in [6.45, 7) is 5.34. The van der Waals surface area contributed by atoms with Gasteiger partial charge >= 0.3 is 35.8 Å². The van der Waals surface area contributed by atoms with Gasteiger partial charge in [0.25, 0.3) is 0 Å². The van der Waals surface area contributed by atoms with Gasteiger partial charge in [0.15, 0.2) is 42.9 Å². The fourth-order valence-corrected chi connectivity index (χ4v) is 7.53. The molecule has 59 heavy (non-hydrogen) atoms. The third kappa shape index (κ3) is 14.0. The van der Waals surface area contributed by atoms with Gasteiger partial charge in [-0.2, -0.15) is 0 Å². The summed E-state index contributed by atoms with van der Waals surface area (Å²) in [4.78, 5) is 75.4. The molecule has 2 saturated heterocycles. The zero-order valence-corrected chi connectivity index (χ0v) is 37.6. The SMILES string of the molecule is CC(=O)O[C@@H]1[C@@H](OC(C)=O)[C@H](OCCc2ccc(I)cc2)O[C@H](CO[C@]2(CCc3ccc(I)cc3)O[C@H](CO)[C@@H](OC(C)=O)[C@H](OC(C)=O)[C@H]2OC(C)=O)[C@H]1OC(C)=O. The minimum Gasteiger partial charge on any atom is -0.456 e. The summed E-state index contributed by atoms with van der Waals surface area (Å²) in [5.74, 6) is -7.01. The Morgan fingerprint density at radius 2 is 1.03 bits per heavy atom. The molecule has 324 valence electrons. The van der Waals surface area contributed by atoms with E-state index in [1.807, 2.05) is 48.5 Å². The third-order valence-electron chi connectivity index (χ3n) is 9.10. The Labute approximate surface area is 368 Å². The van der Waals surface area contributed by atoms with Crippen LogP contribution in [-0.2, 0) is 89.0 Å². The zero-order valence-electron chi connectivity index (χ0n) is 33.3. The first kappa shape index (κ1) is 48.2. The molecule has 2 aliphatic heterocycles. The van der Waals surface area contributed by atoms with Crippen LogP contribution >= 0.6 is 45.2 Å². The molecule has 0 radical (unpaired) electrons. The summed E-state index contributed by atoms with van der Waals surface area (Å²) < 4.78 is 61.5. The molecule has 0 aliphatic carbocycles. The molecule has 2 aliphatic rings. The number of carbonyl (C=O) groups excluding carboxylic acids is 6. The maximum atomic E-state index is 12.8. The van der Waals surface area contributed by atoms with E-state index in [2.05, 4.69) is 45.2 Å². The van der Waals surface area contributed by atoms with Crippen molar-refractivity contribution < 1.29 is 81.2 Å². The van der Waals surface area contributed by atoms with Gasteiger partial charge in [-0.25, -0.2) is 0 Å². The van der Waals surface area contributed by atoms with Crippen molar-refractivity contribution >= 4 is 81.0 Å². The van der Waals surface area contributed by atoms with Crippen molar-refractivity contribution in [2.75, 3.05) is 19.8 Å². The van der Waals surface area contributed by atoms with Gasteiger partial charge in [0, 0.05) is 55.1 Å².